The van der Waals surface area contributed by atoms with E-state index in [4.69, 9.17) is 4.74 Å². The summed E-state index contributed by atoms with van der Waals surface area (Å²) in [6.07, 6.45) is 1.11. The van der Waals surface area contributed by atoms with Gasteiger partial charge in [-0.25, -0.2) is 0 Å². The minimum Gasteiger partial charge on any atom is -0.504 e. The first-order chi connectivity index (χ1) is 6.24. The van der Waals surface area contributed by atoms with Crippen LogP contribution in [-0.4, -0.2) is 11.1 Å². The molecule has 0 heterocycles. The number of phenols is 1. The summed E-state index contributed by atoms with van der Waals surface area (Å²) in [5.41, 5.74) is 0. The number of ether oxygens (including phenoxy) is 1. The lowest BCUT2D eigenvalue weighted by Gasteiger charge is -2.04. The van der Waals surface area contributed by atoms with Crippen molar-refractivity contribution in [1.82, 2.24) is 0 Å². The molecule has 1 aromatic rings. The molecule has 0 saturated heterocycles. The number of rotatable bonds is 3. The van der Waals surface area contributed by atoms with Crippen LogP contribution in [0.25, 0.3) is 0 Å². The summed E-state index contributed by atoms with van der Waals surface area (Å²) >= 11 is 0. The molecule has 0 aromatic heterocycles. The number of carbonyl (C=O) groups excluding carboxylic acids is 1. The number of hydrogen-bond donors (Lipinski definition) is 1. The zero-order valence-electron chi connectivity index (χ0n) is 7.49. The molecule has 0 spiro atoms. The maximum absolute atomic E-state index is 11.0. The van der Waals surface area contributed by atoms with Gasteiger partial charge in [0.25, 0.3) is 0 Å². The van der Waals surface area contributed by atoms with Gasteiger partial charge < -0.3 is 9.84 Å². The zero-order valence-corrected chi connectivity index (χ0v) is 7.49. The van der Waals surface area contributed by atoms with Gasteiger partial charge >= 0.3 is 5.97 Å². The van der Waals surface area contributed by atoms with Gasteiger partial charge in [0.1, 0.15) is 0 Å². The molecule has 0 bridgehead atoms. The summed E-state index contributed by atoms with van der Waals surface area (Å²) in [6, 6.07) is 6.41. The van der Waals surface area contributed by atoms with Gasteiger partial charge in [0.2, 0.25) is 0 Å². The normalized spacial score (nSPS) is 9.62. The van der Waals surface area contributed by atoms with E-state index in [-0.39, 0.29) is 17.5 Å². The van der Waals surface area contributed by atoms with Crippen LogP contribution in [0.4, 0.5) is 0 Å². The molecule has 1 N–H and O–H groups in total. The third-order valence-corrected chi connectivity index (χ3v) is 1.54. The Kier molecular flexibility index (Phi) is 3.31. The number of para-hydroxylation sites is 2. The lowest BCUT2D eigenvalue weighted by Crippen LogP contribution is -2.06. The number of aromatic hydroxyl groups is 1. The molecule has 0 fully saturated rings. The summed E-state index contributed by atoms with van der Waals surface area (Å²) in [7, 11) is 0. The first-order valence-electron chi connectivity index (χ1n) is 4.22. The van der Waals surface area contributed by atoms with Gasteiger partial charge in [-0.2, -0.15) is 0 Å². The second-order valence-electron chi connectivity index (χ2n) is 2.69. The van der Waals surface area contributed by atoms with E-state index in [9.17, 15) is 9.90 Å². The van der Waals surface area contributed by atoms with Crippen molar-refractivity contribution in [3.05, 3.63) is 24.3 Å². The highest BCUT2D eigenvalue weighted by atomic mass is 16.5. The van der Waals surface area contributed by atoms with Gasteiger partial charge in [-0.1, -0.05) is 19.1 Å². The SMILES string of the molecule is CCCC(=O)Oc1ccccc1O. The van der Waals surface area contributed by atoms with Crippen LogP contribution >= 0.6 is 0 Å². The molecule has 70 valence electrons. The monoisotopic (exact) mass is 180 g/mol. The van der Waals surface area contributed by atoms with Crippen LogP contribution in [0.5, 0.6) is 11.5 Å². The fourth-order valence-corrected chi connectivity index (χ4v) is 0.921. The fraction of sp³-hybridized carbons (Fsp3) is 0.300. The van der Waals surface area contributed by atoms with E-state index >= 15 is 0 Å². The number of phenolic OH excluding ortho intramolecular Hbond substituents is 1. The second kappa shape index (κ2) is 4.50. The molecule has 0 aliphatic carbocycles. The van der Waals surface area contributed by atoms with Gasteiger partial charge in [-0.05, 0) is 18.6 Å². The summed E-state index contributed by atoms with van der Waals surface area (Å²) in [5.74, 6) is -0.100. The molecular weight excluding hydrogens is 168 g/mol. The van der Waals surface area contributed by atoms with Gasteiger partial charge in [0, 0.05) is 6.42 Å². The van der Waals surface area contributed by atoms with E-state index < -0.39 is 0 Å². The Labute approximate surface area is 77.0 Å². The Bertz CT molecular complexity index is 294. The van der Waals surface area contributed by atoms with E-state index in [0.29, 0.717) is 6.42 Å². The second-order valence-corrected chi connectivity index (χ2v) is 2.69. The maximum atomic E-state index is 11.0. The fourth-order valence-electron chi connectivity index (χ4n) is 0.921. The quantitative estimate of drug-likeness (QED) is 0.572. The molecule has 0 unspecified atom stereocenters. The van der Waals surface area contributed by atoms with E-state index in [1.54, 1.807) is 18.2 Å². The molecule has 0 aliphatic heterocycles. The van der Waals surface area contributed by atoms with Crippen LogP contribution < -0.4 is 4.74 Å². The van der Waals surface area contributed by atoms with Crippen molar-refractivity contribution in [3.63, 3.8) is 0 Å². The van der Waals surface area contributed by atoms with Crippen molar-refractivity contribution in [2.24, 2.45) is 0 Å². The lowest BCUT2D eigenvalue weighted by molar-refractivity contribution is -0.134. The summed E-state index contributed by atoms with van der Waals surface area (Å²) in [4.78, 5) is 11.0. The van der Waals surface area contributed by atoms with E-state index in [0.717, 1.165) is 6.42 Å². The van der Waals surface area contributed by atoms with Crippen LogP contribution in [0.15, 0.2) is 24.3 Å². The molecule has 13 heavy (non-hydrogen) atoms. The first kappa shape index (κ1) is 9.58. The first-order valence-corrected chi connectivity index (χ1v) is 4.22. The molecular formula is C10H12O3. The van der Waals surface area contributed by atoms with E-state index in [1.807, 2.05) is 6.92 Å². The lowest BCUT2D eigenvalue weighted by atomic mass is 10.3. The smallest absolute Gasteiger partial charge is 0.311 e. The zero-order chi connectivity index (χ0) is 9.68. The van der Waals surface area contributed by atoms with Crippen molar-refractivity contribution in [2.45, 2.75) is 19.8 Å². The molecule has 0 atom stereocenters. The topological polar surface area (TPSA) is 46.5 Å². The standard InChI is InChI=1S/C10H12O3/c1-2-5-10(12)13-9-7-4-3-6-8(9)11/h3-4,6-7,11H,2,5H2,1H3. The highest BCUT2D eigenvalue weighted by Crippen LogP contribution is 2.24. The summed E-state index contributed by atoms with van der Waals surface area (Å²) in [6.45, 7) is 1.89. The summed E-state index contributed by atoms with van der Waals surface area (Å²) < 4.78 is 4.90. The van der Waals surface area contributed by atoms with E-state index in [2.05, 4.69) is 0 Å². The minimum atomic E-state index is -0.316. The van der Waals surface area contributed by atoms with Crippen molar-refractivity contribution in [2.75, 3.05) is 0 Å². The predicted octanol–water partition coefficient (Wildman–Crippen LogP) is 2.10. The summed E-state index contributed by atoms with van der Waals surface area (Å²) in [5, 5.41) is 9.25. The number of benzene rings is 1. The molecule has 3 nitrogen and oxygen atoms in total. The van der Waals surface area contributed by atoms with Gasteiger partial charge in [0.05, 0.1) is 0 Å². The van der Waals surface area contributed by atoms with Crippen molar-refractivity contribution in [3.8, 4) is 11.5 Å². The van der Waals surface area contributed by atoms with Crippen LogP contribution in [0, 0.1) is 0 Å². The Morgan fingerprint density at radius 3 is 2.77 bits per heavy atom. The molecule has 0 amide bonds. The molecule has 0 aliphatic rings. The highest BCUT2D eigenvalue weighted by Gasteiger charge is 2.06. The molecule has 1 rings (SSSR count). The number of esters is 1. The Morgan fingerprint density at radius 1 is 1.46 bits per heavy atom. The average molecular weight is 180 g/mol. The predicted molar refractivity (Wildman–Crippen MR) is 48.6 cm³/mol. The van der Waals surface area contributed by atoms with Crippen molar-refractivity contribution < 1.29 is 14.6 Å². The van der Waals surface area contributed by atoms with Crippen LogP contribution in [-0.2, 0) is 4.79 Å². The highest BCUT2D eigenvalue weighted by molar-refractivity contribution is 5.73. The third-order valence-electron chi connectivity index (χ3n) is 1.54. The van der Waals surface area contributed by atoms with Crippen molar-refractivity contribution >= 4 is 5.97 Å². The number of carbonyl (C=O) groups is 1. The Hall–Kier alpha value is -1.51. The Balaban J connectivity index is 2.63. The minimum absolute atomic E-state index is 0.00745. The largest absolute Gasteiger partial charge is 0.504 e. The van der Waals surface area contributed by atoms with Crippen LogP contribution in [0.1, 0.15) is 19.8 Å². The maximum Gasteiger partial charge on any atom is 0.311 e. The van der Waals surface area contributed by atoms with Crippen LogP contribution in [0.3, 0.4) is 0 Å². The van der Waals surface area contributed by atoms with Gasteiger partial charge in [-0.15, -0.1) is 0 Å². The molecule has 3 heteroatoms. The molecule has 1 aromatic carbocycles. The van der Waals surface area contributed by atoms with Crippen LogP contribution in [0.2, 0.25) is 0 Å². The molecule has 0 radical (unpaired) electrons. The number of hydrogen-bond acceptors (Lipinski definition) is 3. The average Bonchev–Trinajstić information content (AvgIpc) is 2.09. The third kappa shape index (κ3) is 2.78. The molecule has 0 saturated carbocycles. The van der Waals surface area contributed by atoms with Gasteiger partial charge in [0.15, 0.2) is 11.5 Å². The van der Waals surface area contributed by atoms with Gasteiger partial charge in [-0.3, -0.25) is 4.79 Å². The van der Waals surface area contributed by atoms with Crippen molar-refractivity contribution in [1.29, 1.82) is 0 Å². The van der Waals surface area contributed by atoms with E-state index in [1.165, 1.54) is 6.07 Å². The Morgan fingerprint density at radius 2 is 2.15 bits per heavy atom.